The minimum Gasteiger partial charge on any atom is -0.481 e. The zero-order chi connectivity index (χ0) is 26.5. The zero-order valence-corrected chi connectivity index (χ0v) is 21.2. The second-order valence-electron chi connectivity index (χ2n) is 12.4. The van der Waals surface area contributed by atoms with E-state index < -0.39 is 36.5 Å². The molecule has 4 aliphatic carbocycles. The first-order chi connectivity index (χ1) is 16.8. The molecule has 0 bridgehead atoms. The second kappa shape index (κ2) is 10.1. The molecule has 5 nitrogen and oxygen atoms in total. The number of carboxylic acids is 1. The summed E-state index contributed by atoms with van der Waals surface area (Å²) >= 11 is 0. The monoisotopic (exact) mass is 520 g/mol. The number of aliphatic carboxylic acids is 1. The molecule has 0 radical (unpaired) electrons. The minimum absolute atomic E-state index is 0.0459. The van der Waals surface area contributed by atoms with Gasteiger partial charge >= 0.3 is 18.1 Å². The maximum absolute atomic E-state index is 14.0. The van der Waals surface area contributed by atoms with Gasteiger partial charge in [-0.15, -0.1) is 0 Å². The van der Waals surface area contributed by atoms with Crippen LogP contribution in [-0.4, -0.2) is 46.7 Å². The molecule has 0 aromatic carbocycles. The number of alkyl halides is 4. The number of rotatable bonds is 7. The van der Waals surface area contributed by atoms with Crippen LogP contribution in [0.15, 0.2) is 0 Å². The van der Waals surface area contributed by atoms with Crippen LogP contribution in [0.25, 0.3) is 0 Å². The molecule has 10 atom stereocenters. The molecular weight excluding hydrogens is 480 g/mol. The quantitative estimate of drug-likeness (QED) is 0.321. The van der Waals surface area contributed by atoms with Gasteiger partial charge in [-0.05, 0) is 105 Å². The number of esters is 1. The Morgan fingerprint density at radius 2 is 1.69 bits per heavy atom. The smallest absolute Gasteiger partial charge is 0.417 e. The van der Waals surface area contributed by atoms with Gasteiger partial charge in [0, 0.05) is 0 Å². The van der Waals surface area contributed by atoms with Crippen molar-refractivity contribution in [2.24, 2.45) is 46.8 Å². The lowest BCUT2D eigenvalue weighted by Crippen LogP contribution is -2.55. The fraction of sp³-hybridized carbons (Fsp3) is 0.926. The van der Waals surface area contributed by atoms with Crippen molar-refractivity contribution in [3.05, 3.63) is 0 Å². The molecule has 9 heteroatoms. The van der Waals surface area contributed by atoms with Crippen LogP contribution >= 0.6 is 0 Å². The number of fused-ring (bicyclic) bond motifs is 5. The Morgan fingerprint density at radius 3 is 2.33 bits per heavy atom. The van der Waals surface area contributed by atoms with E-state index in [-0.39, 0.29) is 54.8 Å². The number of carboxylic acid groups (broad SMARTS) is 1. The summed E-state index contributed by atoms with van der Waals surface area (Å²) in [6, 6.07) is 0. The number of halogens is 4. The third-order valence-corrected chi connectivity index (χ3v) is 10.8. The van der Waals surface area contributed by atoms with Crippen molar-refractivity contribution >= 4 is 11.9 Å². The van der Waals surface area contributed by atoms with E-state index in [0.717, 1.165) is 32.1 Å². The van der Waals surface area contributed by atoms with Crippen LogP contribution in [0.5, 0.6) is 0 Å². The highest BCUT2D eigenvalue weighted by Gasteiger charge is 2.62. The average molecular weight is 521 g/mol. The largest absolute Gasteiger partial charge is 0.481 e. The summed E-state index contributed by atoms with van der Waals surface area (Å²) in [6.45, 7) is 3.38. The molecule has 0 amide bonds. The van der Waals surface area contributed by atoms with Crippen LogP contribution in [0.4, 0.5) is 17.6 Å². The van der Waals surface area contributed by atoms with Gasteiger partial charge in [-0.3, -0.25) is 9.59 Å². The van der Waals surface area contributed by atoms with Gasteiger partial charge < -0.3 is 14.9 Å². The molecule has 4 saturated carbocycles. The van der Waals surface area contributed by atoms with Crippen molar-refractivity contribution in [1.82, 2.24) is 0 Å². The highest BCUT2D eigenvalue weighted by molar-refractivity contribution is 5.76. The third kappa shape index (κ3) is 4.90. The summed E-state index contributed by atoms with van der Waals surface area (Å²) in [5.41, 5.74) is -2.60. The van der Waals surface area contributed by atoms with Gasteiger partial charge in [0.15, 0.2) is 5.60 Å². The molecule has 0 unspecified atom stereocenters. The van der Waals surface area contributed by atoms with Crippen LogP contribution in [0.3, 0.4) is 0 Å². The molecule has 2 N–H and O–H groups in total. The van der Waals surface area contributed by atoms with Crippen molar-refractivity contribution in [2.45, 2.75) is 102 Å². The van der Waals surface area contributed by atoms with Gasteiger partial charge in [0.1, 0.15) is 12.8 Å². The summed E-state index contributed by atoms with van der Waals surface area (Å²) < 4.78 is 59.8. The number of carbonyl (C=O) groups excluding carboxylic acids is 1. The van der Waals surface area contributed by atoms with Gasteiger partial charge in [0.05, 0.1) is 12.8 Å². The molecule has 206 valence electrons. The normalized spacial score (nSPS) is 42.0. The number of hydrogen-bond acceptors (Lipinski definition) is 4. The van der Waals surface area contributed by atoms with Crippen LogP contribution < -0.4 is 0 Å². The Kier molecular flexibility index (Phi) is 7.73. The molecule has 0 aliphatic heterocycles. The van der Waals surface area contributed by atoms with Crippen molar-refractivity contribution in [3.8, 4) is 0 Å². The lowest BCUT2D eigenvalue weighted by molar-refractivity contribution is -0.282. The second-order valence-corrected chi connectivity index (χ2v) is 12.4. The number of ether oxygens (including phenoxy) is 1. The first kappa shape index (κ1) is 27.6. The molecule has 4 fully saturated rings. The molecule has 0 saturated heterocycles. The third-order valence-electron chi connectivity index (χ3n) is 10.8. The van der Waals surface area contributed by atoms with Crippen molar-refractivity contribution in [2.75, 3.05) is 6.67 Å². The topological polar surface area (TPSA) is 83.8 Å². The van der Waals surface area contributed by atoms with Gasteiger partial charge in [0.25, 0.3) is 0 Å². The average Bonchev–Trinajstić information content (AvgIpc) is 3.16. The highest BCUT2D eigenvalue weighted by atomic mass is 19.4. The Hall–Kier alpha value is -1.38. The van der Waals surface area contributed by atoms with E-state index in [1.807, 2.05) is 6.92 Å². The van der Waals surface area contributed by atoms with Crippen LogP contribution in [-0.2, 0) is 14.3 Å². The van der Waals surface area contributed by atoms with E-state index in [2.05, 4.69) is 6.92 Å². The van der Waals surface area contributed by atoms with E-state index in [1.54, 1.807) is 0 Å². The summed E-state index contributed by atoms with van der Waals surface area (Å²) in [7, 11) is 0. The molecule has 36 heavy (non-hydrogen) atoms. The van der Waals surface area contributed by atoms with E-state index in [4.69, 9.17) is 9.84 Å². The fourth-order valence-corrected chi connectivity index (χ4v) is 9.02. The van der Waals surface area contributed by atoms with E-state index in [1.165, 1.54) is 0 Å². The van der Waals surface area contributed by atoms with Crippen molar-refractivity contribution in [1.29, 1.82) is 0 Å². The maximum atomic E-state index is 14.0. The van der Waals surface area contributed by atoms with Gasteiger partial charge in [-0.1, -0.05) is 13.8 Å². The number of carbonyl (C=O) groups is 2. The summed E-state index contributed by atoms with van der Waals surface area (Å²) in [5, 5.41) is 19.1. The predicted octanol–water partition coefficient (Wildman–Crippen LogP) is 5.93. The van der Waals surface area contributed by atoms with E-state index >= 15 is 0 Å². The standard InChI is InChI=1S/C27H40F4O5/c1-15(22(14-28)36-24(34)8-7-23(32)33)20-5-6-21-19-4-3-16-13-26(35,27(29,30)31)12-10-17(16)18(19)9-11-25(20,21)2/h15-22,35H,3-14H2,1-2H3,(H,32,33)/t15-,16+,17-,18+,19+,20+,21-,22+,25+,26+/m0/s1. The Morgan fingerprint density at radius 1 is 1.00 bits per heavy atom. The molecule has 4 aliphatic rings. The maximum Gasteiger partial charge on any atom is 0.417 e. The van der Waals surface area contributed by atoms with Gasteiger partial charge in [0.2, 0.25) is 0 Å². The molecule has 0 spiro atoms. The molecule has 0 heterocycles. The van der Waals surface area contributed by atoms with Crippen molar-refractivity contribution in [3.63, 3.8) is 0 Å². The molecule has 0 aromatic rings. The van der Waals surface area contributed by atoms with Crippen molar-refractivity contribution < 1.29 is 42.1 Å². The molecule has 4 rings (SSSR count). The molecular formula is C27H40F4O5. The Bertz CT molecular complexity index is 833. The van der Waals surface area contributed by atoms with E-state index in [0.29, 0.717) is 30.6 Å². The number of aliphatic hydroxyl groups is 1. The fourth-order valence-electron chi connectivity index (χ4n) is 9.02. The summed E-state index contributed by atoms with van der Waals surface area (Å²) in [5.74, 6) is -0.481. The van der Waals surface area contributed by atoms with Gasteiger partial charge in [-0.2, -0.15) is 13.2 Å². The summed E-state index contributed by atoms with van der Waals surface area (Å²) in [4.78, 5) is 22.8. The molecule has 0 aromatic heterocycles. The van der Waals surface area contributed by atoms with E-state index in [9.17, 15) is 32.3 Å². The lowest BCUT2D eigenvalue weighted by atomic mass is 9.48. The SMILES string of the molecule is C[C@@H]([C@H]1CC[C@H]2[C@@H]3CC[C@@H]4C[C@@](O)(C(F)(F)F)CC[C@@H]4[C@H]3CC[C@]12C)[C@@H](CF)OC(=O)CCC(=O)O. The van der Waals surface area contributed by atoms with Crippen LogP contribution in [0, 0.1) is 46.8 Å². The minimum atomic E-state index is -4.58. The predicted molar refractivity (Wildman–Crippen MR) is 123 cm³/mol. The lowest BCUT2D eigenvalue weighted by Gasteiger charge is -2.57. The summed E-state index contributed by atoms with van der Waals surface area (Å²) in [6.07, 6.45) is -0.760. The van der Waals surface area contributed by atoms with Crippen LogP contribution in [0.2, 0.25) is 0 Å². The first-order valence-corrected chi connectivity index (χ1v) is 13.6. The zero-order valence-electron chi connectivity index (χ0n) is 21.2. The Balaban J connectivity index is 1.43. The van der Waals surface area contributed by atoms with Gasteiger partial charge in [-0.25, -0.2) is 4.39 Å². The van der Waals surface area contributed by atoms with Crippen LogP contribution in [0.1, 0.15) is 84.5 Å². The highest BCUT2D eigenvalue weighted by Crippen LogP contribution is 2.66. The number of hydrogen-bond donors (Lipinski definition) is 2. The Labute approximate surface area is 210 Å². The first-order valence-electron chi connectivity index (χ1n) is 13.6.